The molecule has 1 aliphatic carbocycles. The summed E-state index contributed by atoms with van der Waals surface area (Å²) in [5, 5.41) is 9.80. The predicted molar refractivity (Wildman–Crippen MR) is 66.5 cm³/mol. The second kappa shape index (κ2) is 3.82. The summed E-state index contributed by atoms with van der Waals surface area (Å²) >= 11 is 0. The molecule has 17 heavy (non-hydrogen) atoms. The molecular formula is C13H17N3O. The number of hydrogen-bond donors (Lipinski definition) is 2. The van der Waals surface area contributed by atoms with E-state index in [1.54, 1.807) is 6.92 Å². The Morgan fingerprint density at radius 3 is 2.88 bits per heavy atom. The Bertz CT molecular complexity index is 555. The van der Waals surface area contributed by atoms with Gasteiger partial charge in [-0.1, -0.05) is 6.07 Å². The number of aromatic nitrogens is 2. The van der Waals surface area contributed by atoms with Gasteiger partial charge in [0, 0.05) is 12.6 Å². The maximum atomic E-state index is 9.80. The molecule has 2 aromatic rings. The molecule has 1 fully saturated rings. The van der Waals surface area contributed by atoms with Crippen LogP contribution in [0, 0.1) is 0 Å². The molecular weight excluding hydrogens is 214 g/mol. The van der Waals surface area contributed by atoms with Gasteiger partial charge in [0.15, 0.2) is 0 Å². The summed E-state index contributed by atoms with van der Waals surface area (Å²) in [4.78, 5) is 4.54. The molecule has 0 radical (unpaired) electrons. The van der Waals surface area contributed by atoms with Crippen LogP contribution in [0.15, 0.2) is 18.2 Å². The lowest BCUT2D eigenvalue weighted by Crippen LogP contribution is -2.04. The van der Waals surface area contributed by atoms with Gasteiger partial charge in [0.2, 0.25) is 0 Å². The van der Waals surface area contributed by atoms with Crippen molar-refractivity contribution in [3.8, 4) is 0 Å². The fraction of sp³-hybridized carbons (Fsp3) is 0.462. The average molecular weight is 231 g/mol. The quantitative estimate of drug-likeness (QED) is 0.847. The van der Waals surface area contributed by atoms with E-state index in [0.29, 0.717) is 12.6 Å². The Hall–Kier alpha value is -1.39. The van der Waals surface area contributed by atoms with Gasteiger partial charge in [-0.25, -0.2) is 4.98 Å². The van der Waals surface area contributed by atoms with E-state index in [1.165, 1.54) is 12.8 Å². The van der Waals surface area contributed by atoms with Crippen molar-refractivity contribution in [1.29, 1.82) is 0 Å². The number of aliphatic hydroxyl groups excluding tert-OH is 1. The molecule has 0 unspecified atom stereocenters. The van der Waals surface area contributed by atoms with Crippen molar-refractivity contribution in [2.45, 2.75) is 38.5 Å². The number of benzene rings is 1. The van der Waals surface area contributed by atoms with Crippen molar-refractivity contribution >= 4 is 11.0 Å². The SMILES string of the molecule is C[C@H](O)c1nc2cc(CN)ccc2n1C1CC1. The van der Waals surface area contributed by atoms with Crippen LogP contribution in [0.2, 0.25) is 0 Å². The van der Waals surface area contributed by atoms with Crippen LogP contribution in [-0.2, 0) is 6.54 Å². The summed E-state index contributed by atoms with van der Waals surface area (Å²) in [6.07, 6.45) is 1.84. The molecule has 1 aliphatic rings. The standard InChI is InChI=1S/C13H17N3O/c1-8(17)13-15-11-6-9(7-14)2-5-12(11)16(13)10-3-4-10/h2,5-6,8,10,17H,3-4,7,14H2,1H3/t8-/m0/s1. The van der Waals surface area contributed by atoms with Gasteiger partial charge in [-0.2, -0.15) is 0 Å². The molecule has 0 spiro atoms. The lowest BCUT2D eigenvalue weighted by Gasteiger charge is -2.09. The van der Waals surface area contributed by atoms with Gasteiger partial charge in [0.25, 0.3) is 0 Å². The molecule has 4 nitrogen and oxygen atoms in total. The zero-order valence-electron chi connectivity index (χ0n) is 9.93. The van der Waals surface area contributed by atoms with Crippen molar-refractivity contribution in [2.24, 2.45) is 5.73 Å². The third-order valence-electron chi connectivity index (χ3n) is 3.30. The topological polar surface area (TPSA) is 64.1 Å². The Morgan fingerprint density at radius 2 is 2.29 bits per heavy atom. The number of hydrogen-bond acceptors (Lipinski definition) is 3. The number of aliphatic hydroxyl groups is 1. The molecule has 1 aromatic carbocycles. The van der Waals surface area contributed by atoms with E-state index >= 15 is 0 Å². The van der Waals surface area contributed by atoms with Crippen molar-refractivity contribution < 1.29 is 5.11 Å². The highest BCUT2D eigenvalue weighted by atomic mass is 16.3. The maximum absolute atomic E-state index is 9.80. The fourth-order valence-corrected chi connectivity index (χ4v) is 2.30. The monoisotopic (exact) mass is 231 g/mol. The van der Waals surface area contributed by atoms with Crippen molar-refractivity contribution in [3.05, 3.63) is 29.6 Å². The van der Waals surface area contributed by atoms with Crippen LogP contribution < -0.4 is 5.73 Å². The Morgan fingerprint density at radius 1 is 1.53 bits per heavy atom. The minimum absolute atomic E-state index is 0.522. The van der Waals surface area contributed by atoms with Gasteiger partial charge in [-0.3, -0.25) is 0 Å². The van der Waals surface area contributed by atoms with Crippen LogP contribution in [0.3, 0.4) is 0 Å². The highest BCUT2D eigenvalue weighted by Gasteiger charge is 2.29. The van der Waals surface area contributed by atoms with Gasteiger partial charge in [-0.15, -0.1) is 0 Å². The molecule has 0 amide bonds. The molecule has 0 saturated heterocycles. The number of nitrogens with two attached hydrogens (primary N) is 1. The smallest absolute Gasteiger partial charge is 0.138 e. The van der Waals surface area contributed by atoms with Gasteiger partial charge < -0.3 is 15.4 Å². The predicted octanol–water partition coefficient (Wildman–Crippen LogP) is 1.88. The summed E-state index contributed by atoms with van der Waals surface area (Å²) in [6.45, 7) is 2.29. The van der Waals surface area contributed by atoms with E-state index in [1.807, 2.05) is 12.1 Å². The van der Waals surface area contributed by atoms with Crippen molar-refractivity contribution in [3.63, 3.8) is 0 Å². The van der Waals surface area contributed by atoms with E-state index < -0.39 is 6.10 Å². The van der Waals surface area contributed by atoms with Gasteiger partial charge in [0.05, 0.1) is 11.0 Å². The lowest BCUT2D eigenvalue weighted by atomic mass is 10.2. The highest BCUT2D eigenvalue weighted by molar-refractivity contribution is 5.77. The molecule has 1 saturated carbocycles. The summed E-state index contributed by atoms with van der Waals surface area (Å²) in [5.41, 5.74) is 8.76. The molecule has 3 rings (SSSR count). The van der Waals surface area contributed by atoms with E-state index in [2.05, 4.69) is 15.6 Å². The largest absolute Gasteiger partial charge is 0.385 e. The number of imidazole rings is 1. The molecule has 3 N–H and O–H groups in total. The second-order valence-electron chi connectivity index (χ2n) is 4.77. The molecule has 1 atom stereocenters. The number of nitrogens with zero attached hydrogens (tertiary/aromatic N) is 2. The fourth-order valence-electron chi connectivity index (χ4n) is 2.30. The maximum Gasteiger partial charge on any atom is 0.138 e. The summed E-state index contributed by atoms with van der Waals surface area (Å²) < 4.78 is 2.18. The van der Waals surface area contributed by atoms with Gasteiger partial charge in [0.1, 0.15) is 11.9 Å². The van der Waals surface area contributed by atoms with Gasteiger partial charge >= 0.3 is 0 Å². The van der Waals surface area contributed by atoms with E-state index in [4.69, 9.17) is 5.73 Å². The number of fused-ring (bicyclic) bond motifs is 1. The first kappa shape index (κ1) is 10.7. The number of rotatable bonds is 3. The molecule has 0 bridgehead atoms. The van der Waals surface area contributed by atoms with Crippen molar-refractivity contribution in [2.75, 3.05) is 0 Å². The summed E-state index contributed by atoms with van der Waals surface area (Å²) in [6, 6.07) is 6.64. The van der Waals surface area contributed by atoms with Crippen LogP contribution in [0.1, 0.15) is 43.3 Å². The van der Waals surface area contributed by atoms with Gasteiger partial charge in [-0.05, 0) is 37.5 Å². The zero-order valence-corrected chi connectivity index (χ0v) is 9.93. The minimum Gasteiger partial charge on any atom is -0.385 e. The third-order valence-corrected chi connectivity index (χ3v) is 3.30. The first-order valence-electron chi connectivity index (χ1n) is 6.09. The van der Waals surface area contributed by atoms with Crippen LogP contribution in [0.5, 0.6) is 0 Å². The van der Waals surface area contributed by atoms with E-state index in [-0.39, 0.29) is 0 Å². The minimum atomic E-state index is -0.524. The second-order valence-corrected chi connectivity index (χ2v) is 4.77. The van der Waals surface area contributed by atoms with Crippen LogP contribution in [0.4, 0.5) is 0 Å². The van der Waals surface area contributed by atoms with Crippen LogP contribution >= 0.6 is 0 Å². The molecule has 0 aliphatic heterocycles. The normalized spacial score (nSPS) is 17.6. The average Bonchev–Trinajstić information content (AvgIpc) is 3.08. The van der Waals surface area contributed by atoms with Crippen LogP contribution in [-0.4, -0.2) is 14.7 Å². The van der Waals surface area contributed by atoms with Crippen LogP contribution in [0.25, 0.3) is 11.0 Å². The summed E-state index contributed by atoms with van der Waals surface area (Å²) in [7, 11) is 0. The van der Waals surface area contributed by atoms with Crippen molar-refractivity contribution in [1.82, 2.24) is 9.55 Å². The molecule has 4 heteroatoms. The third kappa shape index (κ3) is 1.73. The molecule has 1 heterocycles. The lowest BCUT2D eigenvalue weighted by molar-refractivity contribution is 0.184. The summed E-state index contributed by atoms with van der Waals surface area (Å²) in [5.74, 6) is 0.775. The Kier molecular flexibility index (Phi) is 2.42. The first-order valence-corrected chi connectivity index (χ1v) is 6.09. The Balaban J connectivity index is 2.22. The molecule has 90 valence electrons. The van der Waals surface area contributed by atoms with E-state index in [9.17, 15) is 5.11 Å². The Labute approximate surface area is 100 Å². The highest BCUT2D eigenvalue weighted by Crippen LogP contribution is 2.39. The first-order chi connectivity index (χ1) is 8.20. The zero-order chi connectivity index (χ0) is 12.0. The van der Waals surface area contributed by atoms with E-state index in [0.717, 1.165) is 22.4 Å². The molecule has 1 aromatic heterocycles.